The van der Waals surface area contributed by atoms with Gasteiger partial charge in [0.1, 0.15) is 11.4 Å². The number of aromatic nitrogens is 1. The summed E-state index contributed by atoms with van der Waals surface area (Å²) in [6.07, 6.45) is 1.90. The molecule has 0 aliphatic carbocycles. The average Bonchev–Trinajstić information content (AvgIpc) is 2.77. The lowest BCUT2D eigenvalue weighted by Crippen LogP contribution is -2.55. The molecule has 0 unspecified atom stereocenters. The number of carbonyl (C=O) groups is 3. The van der Waals surface area contributed by atoms with Crippen LogP contribution in [0.5, 0.6) is 0 Å². The molecule has 0 spiro atoms. The zero-order valence-electron chi connectivity index (χ0n) is 21.4. The van der Waals surface area contributed by atoms with Gasteiger partial charge in [-0.3, -0.25) is 14.9 Å². The maximum absolute atomic E-state index is 14.0. The zero-order valence-corrected chi connectivity index (χ0v) is 21.4. The topological polar surface area (TPSA) is 101 Å². The first-order chi connectivity index (χ1) is 16.7. The number of benzene rings is 1. The van der Waals surface area contributed by atoms with Gasteiger partial charge in [0.2, 0.25) is 0 Å². The fraction of sp³-hybridized carbons (Fsp3) is 0.462. The van der Waals surface area contributed by atoms with Crippen LogP contribution in [0.15, 0.2) is 30.5 Å². The Hall–Kier alpha value is -3.56. The van der Waals surface area contributed by atoms with Crippen molar-refractivity contribution in [1.82, 2.24) is 9.88 Å². The van der Waals surface area contributed by atoms with E-state index >= 15 is 0 Å². The molecule has 1 aliphatic heterocycles. The number of carbonyl (C=O) groups excluding carboxylic acids is 3. The number of nitrogens with one attached hydrogen (secondary N) is 2. The van der Waals surface area contributed by atoms with Crippen LogP contribution in [0.2, 0.25) is 0 Å². The first kappa shape index (κ1) is 27.0. The van der Waals surface area contributed by atoms with Gasteiger partial charge in [0.05, 0.1) is 17.4 Å². The predicted molar refractivity (Wildman–Crippen MR) is 131 cm³/mol. The molecule has 0 bridgehead atoms. The third kappa shape index (κ3) is 6.16. The van der Waals surface area contributed by atoms with Crippen LogP contribution in [-0.2, 0) is 19.9 Å². The third-order valence-electron chi connectivity index (χ3n) is 6.15. The van der Waals surface area contributed by atoms with Crippen LogP contribution in [0.1, 0.15) is 58.6 Å². The molecule has 8 nitrogen and oxygen atoms in total. The summed E-state index contributed by atoms with van der Waals surface area (Å²) >= 11 is 0. The summed E-state index contributed by atoms with van der Waals surface area (Å²) in [4.78, 5) is 43.8. The van der Waals surface area contributed by atoms with Gasteiger partial charge in [0.15, 0.2) is 11.6 Å². The highest BCUT2D eigenvalue weighted by atomic mass is 19.2. The van der Waals surface area contributed by atoms with E-state index in [4.69, 9.17) is 4.74 Å². The number of hydrogen-bond donors (Lipinski definition) is 2. The molecule has 36 heavy (non-hydrogen) atoms. The number of piperidine rings is 1. The van der Waals surface area contributed by atoms with E-state index in [0.717, 1.165) is 18.6 Å². The first-order valence-electron chi connectivity index (χ1n) is 11.7. The Balaban J connectivity index is 1.77. The number of anilines is 2. The fourth-order valence-corrected chi connectivity index (χ4v) is 4.19. The SMILES string of the molecule is Cc1cc(NC(=O)C(=O)N2C[C@@H](C)CC[C@@]2(C)c2ccc(F)c(F)c2)cnc1NC(=O)OC(C)(C)C. The zero-order chi connectivity index (χ0) is 26.8. The first-order valence-corrected chi connectivity index (χ1v) is 11.7. The summed E-state index contributed by atoms with van der Waals surface area (Å²) in [6.45, 7) is 10.9. The third-order valence-corrected chi connectivity index (χ3v) is 6.15. The Bertz CT molecular complexity index is 1180. The lowest BCUT2D eigenvalue weighted by atomic mass is 9.79. The number of ether oxygens (including phenoxy) is 1. The molecular weight excluding hydrogens is 470 g/mol. The number of aryl methyl sites for hydroxylation is 1. The van der Waals surface area contributed by atoms with Crippen LogP contribution in [-0.4, -0.2) is 39.9 Å². The summed E-state index contributed by atoms with van der Waals surface area (Å²) in [6, 6.07) is 5.11. The summed E-state index contributed by atoms with van der Waals surface area (Å²) in [5.41, 5.74) is -0.425. The number of pyridine rings is 1. The maximum atomic E-state index is 14.0. The Morgan fingerprint density at radius 1 is 1.14 bits per heavy atom. The van der Waals surface area contributed by atoms with Gasteiger partial charge >= 0.3 is 17.9 Å². The molecule has 2 N–H and O–H groups in total. The molecule has 2 atom stereocenters. The normalized spacial score (nSPS) is 20.0. The minimum Gasteiger partial charge on any atom is -0.444 e. The number of likely N-dealkylation sites (tertiary alicyclic amines) is 1. The van der Waals surface area contributed by atoms with E-state index in [-0.39, 0.29) is 24.0 Å². The second-order valence-corrected chi connectivity index (χ2v) is 10.4. The van der Waals surface area contributed by atoms with E-state index in [1.54, 1.807) is 40.7 Å². The van der Waals surface area contributed by atoms with Crippen LogP contribution < -0.4 is 10.6 Å². The van der Waals surface area contributed by atoms with E-state index in [1.807, 2.05) is 6.92 Å². The van der Waals surface area contributed by atoms with Crippen LogP contribution in [0, 0.1) is 24.5 Å². The van der Waals surface area contributed by atoms with Crippen molar-refractivity contribution in [3.05, 3.63) is 53.2 Å². The van der Waals surface area contributed by atoms with Gasteiger partial charge in [-0.05, 0) is 82.7 Å². The second-order valence-electron chi connectivity index (χ2n) is 10.4. The van der Waals surface area contributed by atoms with Crippen molar-refractivity contribution in [3.8, 4) is 0 Å². The highest BCUT2D eigenvalue weighted by Gasteiger charge is 2.43. The van der Waals surface area contributed by atoms with Gasteiger partial charge in [0.25, 0.3) is 0 Å². The van der Waals surface area contributed by atoms with Gasteiger partial charge in [-0.15, -0.1) is 0 Å². The molecule has 3 rings (SSSR count). The molecule has 0 saturated carbocycles. The molecular formula is C26H32F2N4O4. The minimum atomic E-state index is -1.01. The van der Waals surface area contributed by atoms with Crippen molar-refractivity contribution in [2.75, 3.05) is 17.2 Å². The highest BCUT2D eigenvalue weighted by Crippen LogP contribution is 2.39. The van der Waals surface area contributed by atoms with Crippen molar-refractivity contribution in [2.24, 2.45) is 5.92 Å². The van der Waals surface area contributed by atoms with Crippen LogP contribution in [0.4, 0.5) is 25.1 Å². The van der Waals surface area contributed by atoms with Crippen LogP contribution in [0.25, 0.3) is 0 Å². The van der Waals surface area contributed by atoms with E-state index in [0.29, 0.717) is 17.5 Å². The number of rotatable bonds is 3. The monoisotopic (exact) mass is 502 g/mol. The van der Waals surface area contributed by atoms with Gasteiger partial charge < -0.3 is 15.0 Å². The molecule has 1 aromatic carbocycles. The Morgan fingerprint density at radius 3 is 2.44 bits per heavy atom. The fourth-order valence-electron chi connectivity index (χ4n) is 4.19. The van der Waals surface area contributed by atoms with Crippen LogP contribution in [0.3, 0.4) is 0 Å². The summed E-state index contributed by atoms with van der Waals surface area (Å²) in [5.74, 6) is -3.28. The lowest BCUT2D eigenvalue weighted by Gasteiger charge is -2.47. The molecule has 1 aromatic heterocycles. The summed E-state index contributed by atoms with van der Waals surface area (Å²) in [7, 11) is 0. The Morgan fingerprint density at radius 2 is 1.83 bits per heavy atom. The molecule has 1 fully saturated rings. The van der Waals surface area contributed by atoms with Crippen molar-refractivity contribution in [1.29, 1.82) is 0 Å². The quantitative estimate of drug-likeness (QED) is 0.567. The highest BCUT2D eigenvalue weighted by molar-refractivity contribution is 6.39. The largest absolute Gasteiger partial charge is 0.444 e. The minimum absolute atomic E-state index is 0.127. The van der Waals surface area contributed by atoms with Crippen molar-refractivity contribution >= 4 is 29.4 Å². The Kier molecular flexibility index (Phi) is 7.66. The van der Waals surface area contributed by atoms with Crippen molar-refractivity contribution in [3.63, 3.8) is 0 Å². The van der Waals surface area contributed by atoms with Crippen molar-refractivity contribution in [2.45, 2.75) is 65.5 Å². The smallest absolute Gasteiger partial charge is 0.413 e. The maximum Gasteiger partial charge on any atom is 0.413 e. The molecule has 2 aromatic rings. The van der Waals surface area contributed by atoms with Crippen molar-refractivity contribution < 1.29 is 27.9 Å². The molecule has 2 heterocycles. The van der Waals surface area contributed by atoms with E-state index in [9.17, 15) is 23.2 Å². The number of amides is 3. The average molecular weight is 503 g/mol. The standard InChI is InChI=1S/C26H32F2N4O4/c1-15-9-10-26(6,17-7-8-19(27)20(28)12-17)32(14-15)23(34)22(33)30-18-11-16(2)21(29-13-18)31-24(35)36-25(3,4)5/h7-8,11-13,15H,9-10,14H2,1-6H3,(H,30,33)(H,29,31,35)/t15-,26-/m0/s1. The second kappa shape index (κ2) is 10.2. The van der Waals surface area contributed by atoms with E-state index in [1.165, 1.54) is 17.2 Å². The van der Waals surface area contributed by atoms with Gasteiger partial charge in [0, 0.05) is 6.54 Å². The van der Waals surface area contributed by atoms with E-state index in [2.05, 4.69) is 15.6 Å². The predicted octanol–water partition coefficient (Wildman–Crippen LogP) is 5.13. The molecule has 3 amide bonds. The lowest BCUT2D eigenvalue weighted by molar-refractivity contribution is -0.150. The summed E-state index contributed by atoms with van der Waals surface area (Å²) in [5, 5.41) is 5.10. The molecule has 1 saturated heterocycles. The number of halogens is 2. The van der Waals surface area contributed by atoms with Gasteiger partial charge in [-0.2, -0.15) is 0 Å². The van der Waals surface area contributed by atoms with E-state index < -0.39 is 40.7 Å². The molecule has 1 aliphatic rings. The summed E-state index contributed by atoms with van der Waals surface area (Å²) < 4.78 is 32.7. The van der Waals surface area contributed by atoms with Crippen LogP contribution >= 0.6 is 0 Å². The molecule has 10 heteroatoms. The molecule has 0 radical (unpaired) electrons. The number of nitrogens with zero attached hydrogens (tertiary/aromatic N) is 2. The van der Waals surface area contributed by atoms with Gasteiger partial charge in [-0.1, -0.05) is 13.0 Å². The number of hydrogen-bond acceptors (Lipinski definition) is 5. The molecule has 194 valence electrons. The Labute approximate surface area is 209 Å². The van der Waals surface area contributed by atoms with Gasteiger partial charge in [-0.25, -0.2) is 18.6 Å².